The van der Waals surface area contributed by atoms with E-state index in [0.717, 1.165) is 5.56 Å². The van der Waals surface area contributed by atoms with Gasteiger partial charge >= 0.3 is 0 Å². The summed E-state index contributed by atoms with van der Waals surface area (Å²) in [6, 6.07) is 6.98. The van der Waals surface area contributed by atoms with Crippen LogP contribution in [0.5, 0.6) is 0 Å². The molecule has 0 aromatic carbocycles. The van der Waals surface area contributed by atoms with Gasteiger partial charge in [0, 0.05) is 18.6 Å². The Kier molecular flexibility index (Phi) is 5.00. The number of pyridine rings is 1. The van der Waals surface area contributed by atoms with Crippen LogP contribution in [0.4, 0.5) is 0 Å². The summed E-state index contributed by atoms with van der Waals surface area (Å²) < 4.78 is 0. The molecule has 0 aliphatic heterocycles. The predicted molar refractivity (Wildman–Crippen MR) is 82.3 cm³/mol. The predicted octanol–water partition coefficient (Wildman–Crippen LogP) is 1.96. The molecule has 0 aliphatic rings. The topological polar surface area (TPSA) is 85.1 Å². The largest absolute Gasteiger partial charge is 0.404 e. The minimum absolute atomic E-state index is 0.141. The molecule has 1 amide bonds. The second kappa shape index (κ2) is 7.16. The van der Waals surface area contributed by atoms with Crippen LogP contribution in [0.25, 0.3) is 5.57 Å². The first-order valence-electron chi connectivity index (χ1n) is 6.08. The van der Waals surface area contributed by atoms with Crippen molar-refractivity contribution in [1.29, 1.82) is 0 Å². The maximum atomic E-state index is 11.9. The quantitative estimate of drug-likeness (QED) is 0.502. The molecule has 0 fully saturated rings. The number of carbonyl (C=O) groups is 2. The first-order chi connectivity index (χ1) is 10.2. The number of hydrogen-bond acceptors (Lipinski definition) is 5. The smallest absolute Gasteiger partial charge is 0.265 e. The normalized spacial score (nSPS) is 12.0. The van der Waals surface area contributed by atoms with E-state index in [4.69, 9.17) is 5.73 Å². The molecule has 5 nitrogen and oxygen atoms in total. The van der Waals surface area contributed by atoms with Gasteiger partial charge in [0.15, 0.2) is 6.29 Å². The monoisotopic (exact) mass is 299 g/mol. The van der Waals surface area contributed by atoms with Crippen molar-refractivity contribution in [2.45, 2.75) is 0 Å². The van der Waals surface area contributed by atoms with Crippen LogP contribution < -0.4 is 11.1 Å². The Balaban J connectivity index is 2.20. The second-order valence-electron chi connectivity index (χ2n) is 4.01. The molecule has 0 spiro atoms. The van der Waals surface area contributed by atoms with Crippen LogP contribution in [0.3, 0.4) is 0 Å². The van der Waals surface area contributed by atoms with Gasteiger partial charge in [0.1, 0.15) is 0 Å². The van der Waals surface area contributed by atoms with Gasteiger partial charge in [-0.05, 0) is 40.8 Å². The molecule has 2 aromatic rings. The Morgan fingerprint density at radius 2 is 2.05 bits per heavy atom. The van der Waals surface area contributed by atoms with E-state index in [9.17, 15) is 9.59 Å². The summed E-state index contributed by atoms with van der Waals surface area (Å²) in [7, 11) is 0. The Morgan fingerprint density at radius 3 is 2.62 bits per heavy atom. The van der Waals surface area contributed by atoms with E-state index in [1.807, 2.05) is 0 Å². The lowest BCUT2D eigenvalue weighted by Gasteiger charge is -2.05. The summed E-state index contributed by atoms with van der Waals surface area (Å²) in [6.07, 6.45) is 6.72. The molecule has 2 heterocycles. The number of aldehydes is 1. The highest BCUT2D eigenvalue weighted by atomic mass is 32.1. The molecular weight excluding hydrogens is 286 g/mol. The van der Waals surface area contributed by atoms with E-state index in [0.29, 0.717) is 16.7 Å². The van der Waals surface area contributed by atoms with Gasteiger partial charge in [-0.25, -0.2) is 0 Å². The van der Waals surface area contributed by atoms with Crippen LogP contribution in [0, 0.1) is 0 Å². The number of nitrogens with zero attached hydrogens (tertiary/aromatic N) is 1. The number of nitrogens with two attached hydrogens (primary N) is 1. The summed E-state index contributed by atoms with van der Waals surface area (Å²) in [4.78, 5) is 27.5. The number of allylic oxidation sites excluding steroid dienone is 3. The number of hydrogen-bond donors (Lipinski definition) is 2. The summed E-state index contributed by atoms with van der Waals surface area (Å²) in [5.41, 5.74) is 7.14. The van der Waals surface area contributed by atoms with E-state index in [-0.39, 0.29) is 11.6 Å². The SMILES string of the molecule is N/C=C(\C=C(/C=O)NC(=O)c1cccs1)c1ccncc1. The summed E-state index contributed by atoms with van der Waals surface area (Å²) in [5, 5.41) is 4.35. The van der Waals surface area contributed by atoms with Crippen LogP contribution in [-0.2, 0) is 4.79 Å². The van der Waals surface area contributed by atoms with Gasteiger partial charge in [-0.2, -0.15) is 0 Å². The van der Waals surface area contributed by atoms with Crippen LogP contribution in [0.15, 0.2) is 60.0 Å². The van der Waals surface area contributed by atoms with E-state index < -0.39 is 0 Å². The fraction of sp³-hybridized carbons (Fsp3) is 0. The third-order valence-corrected chi connectivity index (χ3v) is 3.50. The number of aromatic nitrogens is 1. The Labute approximate surface area is 125 Å². The Bertz CT molecular complexity index is 676. The van der Waals surface area contributed by atoms with Crippen LogP contribution in [0.2, 0.25) is 0 Å². The number of nitrogens with one attached hydrogen (secondary N) is 1. The molecule has 0 aliphatic carbocycles. The van der Waals surface area contributed by atoms with Gasteiger partial charge in [-0.15, -0.1) is 11.3 Å². The van der Waals surface area contributed by atoms with E-state index >= 15 is 0 Å². The summed E-state index contributed by atoms with van der Waals surface area (Å²) in [5.74, 6) is -0.325. The van der Waals surface area contributed by atoms with Crippen molar-refractivity contribution in [1.82, 2.24) is 10.3 Å². The fourth-order valence-corrected chi connectivity index (χ4v) is 2.26. The average Bonchev–Trinajstić information content (AvgIpc) is 3.06. The molecule has 0 unspecified atom stereocenters. The van der Waals surface area contributed by atoms with Crippen molar-refractivity contribution in [3.8, 4) is 0 Å². The number of rotatable bonds is 5. The highest BCUT2D eigenvalue weighted by Gasteiger charge is 2.09. The molecular formula is C15H13N3O2S. The van der Waals surface area contributed by atoms with Crippen molar-refractivity contribution in [2.75, 3.05) is 0 Å². The van der Waals surface area contributed by atoms with Gasteiger partial charge in [0.05, 0.1) is 10.6 Å². The Hall–Kier alpha value is -2.73. The third kappa shape index (κ3) is 3.87. The molecule has 3 N–H and O–H groups in total. The van der Waals surface area contributed by atoms with Crippen molar-refractivity contribution >= 4 is 29.1 Å². The average molecular weight is 299 g/mol. The van der Waals surface area contributed by atoms with Crippen LogP contribution >= 0.6 is 11.3 Å². The van der Waals surface area contributed by atoms with Gasteiger partial charge < -0.3 is 11.1 Å². The zero-order chi connectivity index (χ0) is 15.1. The zero-order valence-electron chi connectivity index (χ0n) is 11.0. The lowest BCUT2D eigenvalue weighted by molar-refractivity contribution is -0.105. The highest BCUT2D eigenvalue weighted by Crippen LogP contribution is 2.15. The van der Waals surface area contributed by atoms with Crippen molar-refractivity contribution in [3.63, 3.8) is 0 Å². The fourth-order valence-electron chi connectivity index (χ4n) is 1.64. The number of amides is 1. The minimum Gasteiger partial charge on any atom is -0.404 e. The Morgan fingerprint density at radius 1 is 1.29 bits per heavy atom. The molecule has 0 saturated heterocycles. The summed E-state index contributed by atoms with van der Waals surface area (Å²) in [6.45, 7) is 0. The lowest BCUT2D eigenvalue weighted by Crippen LogP contribution is -2.22. The molecule has 6 heteroatoms. The van der Waals surface area contributed by atoms with Crippen LogP contribution in [-0.4, -0.2) is 17.2 Å². The van der Waals surface area contributed by atoms with E-state index in [1.54, 1.807) is 42.0 Å². The first kappa shape index (κ1) is 14.7. The van der Waals surface area contributed by atoms with Gasteiger partial charge in [-0.3, -0.25) is 14.6 Å². The standard InChI is InChI=1S/C15H13N3O2S/c16-9-12(11-3-5-17-6-4-11)8-13(10-19)18-15(20)14-2-1-7-21-14/h1-10H,16H2,(H,18,20)/b12-9+,13-8+. The lowest BCUT2D eigenvalue weighted by atomic mass is 10.1. The van der Waals surface area contributed by atoms with Crippen molar-refractivity contribution < 1.29 is 9.59 Å². The molecule has 0 radical (unpaired) electrons. The van der Waals surface area contributed by atoms with Crippen molar-refractivity contribution in [3.05, 3.63) is 70.5 Å². The van der Waals surface area contributed by atoms with E-state index in [2.05, 4.69) is 10.3 Å². The zero-order valence-corrected chi connectivity index (χ0v) is 11.8. The number of thiophene rings is 1. The maximum absolute atomic E-state index is 11.9. The first-order valence-corrected chi connectivity index (χ1v) is 6.96. The maximum Gasteiger partial charge on any atom is 0.265 e. The van der Waals surface area contributed by atoms with Crippen molar-refractivity contribution in [2.24, 2.45) is 5.73 Å². The highest BCUT2D eigenvalue weighted by molar-refractivity contribution is 7.12. The molecule has 21 heavy (non-hydrogen) atoms. The second-order valence-corrected chi connectivity index (χ2v) is 4.95. The molecule has 2 aromatic heterocycles. The molecule has 0 bridgehead atoms. The molecule has 0 saturated carbocycles. The number of carbonyl (C=O) groups excluding carboxylic acids is 2. The molecule has 2 rings (SSSR count). The third-order valence-electron chi connectivity index (χ3n) is 2.63. The van der Waals surface area contributed by atoms with E-state index in [1.165, 1.54) is 23.6 Å². The molecule has 0 atom stereocenters. The van der Waals surface area contributed by atoms with Crippen LogP contribution in [0.1, 0.15) is 15.2 Å². The van der Waals surface area contributed by atoms with Gasteiger partial charge in [0.2, 0.25) is 0 Å². The summed E-state index contributed by atoms with van der Waals surface area (Å²) >= 11 is 1.30. The molecule has 106 valence electrons. The van der Waals surface area contributed by atoms with Gasteiger partial charge in [0.25, 0.3) is 5.91 Å². The minimum atomic E-state index is -0.325. The van der Waals surface area contributed by atoms with Gasteiger partial charge in [-0.1, -0.05) is 6.07 Å².